The van der Waals surface area contributed by atoms with Crippen molar-refractivity contribution < 1.29 is 23.8 Å². The van der Waals surface area contributed by atoms with Crippen LogP contribution in [0.4, 0.5) is 11.6 Å². The zero-order valence-corrected chi connectivity index (χ0v) is 23.3. The highest BCUT2D eigenvalue weighted by Gasteiger charge is 2.40. The van der Waals surface area contributed by atoms with Crippen LogP contribution >= 0.6 is 0 Å². The molecule has 0 spiro atoms. The average molecular weight is 546 g/mol. The minimum Gasteiger partial charge on any atom is -0.474 e. The summed E-state index contributed by atoms with van der Waals surface area (Å²) in [7, 11) is 1.38. The summed E-state index contributed by atoms with van der Waals surface area (Å²) in [5.41, 5.74) is 9.37. The van der Waals surface area contributed by atoms with Crippen LogP contribution in [-0.4, -0.2) is 45.7 Å². The van der Waals surface area contributed by atoms with Crippen LogP contribution < -0.4 is 10.1 Å². The molecule has 1 aliphatic heterocycles. The molecule has 0 saturated heterocycles. The minimum atomic E-state index is -0.908. The van der Waals surface area contributed by atoms with E-state index in [1.54, 1.807) is 38.4 Å². The number of fused-ring (bicyclic) bond motifs is 2. The molecule has 1 N–H and O–H groups in total. The monoisotopic (exact) mass is 545 g/mol. The van der Waals surface area contributed by atoms with E-state index < -0.39 is 17.1 Å². The zero-order valence-electron chi connectivity index (χ0n) is 23.3. The van der Waals surface area contributed by atoms with Gasteiger partial charge in [0.05, 0.1) is 35.2 Å². The van der Waals surface area contributed by atoms with Gasteiger partial charge in [0.15, 0.2) is 0 Å². The van der Waals surface area contributed by atoms with E-state index in [1.165, 1.54) is 7.11 Å². The van der Waals surface area contributed by atoms with E-state index in [2.05, 4.69) is 25.3 Å². The molecular formula is C28H31N7O5. The minimum absolute atomic E-state index is 0.112. The van der Waals surface area contributed by atoms with Gasteiger partial charge < -0.3 is 19.5 Å². The second kappa shape index (κ2) is 9.95. The molecule has 0 amide bonds. The Balaban J connectivity index is 1.50. The van der Waals surface area contributed by atoms with Crippen molar-refractivity contribution in [3.63, 3.8) is 0 Å². The fourth-order valence-corrected chi connectivity index (χ4v) is 5.00. The topological polar surface area (TPSA) is 161 Å². The Morgan fingerprint density at radius 1 is 1.20 bits per heavy atom. The Morgan fingerprint density at radius 3 is 2.65 bits per heavy atom. The molecule has 1 saturated carbocycles. The summed E-state index contributed by atoms with van der Waals surface area (Å²) in [6.07, 6.45) is 4.20. The van der Waals surface area contributed by atoms with Crippen molar-refractivity contribution in [2.45, 2.75) is 70.6 Å². The van der Waals surface area contributed by atoms with Gasteiger partial charge in [-0.05, 0) is 61.4 Å². The van der Waals surface area contributed by atoms with Crippen LogP contribution in [0.5, 0.6) is 5.88 Å². The van der Waals surface area contributed by atoms with Crippen LogP contribution in [0.3, 0.4) is 0 Å². The molecule has 0 radical (unpaired) electrons. The molecule has 5 rings (SSSR count). The summed E-state index contributed by atoms with van der Waals surface area (Å²) < 4.78 is 16.5. The predicted molar refractivity (Wildman–Crippen MR) is 146 cm³/mol. The summed E-state index contributed by atoms with van der Waals surface area (Å²) in [6.45, 7) is 9.31. The zero-order chi connectivity index (χ0) is 28.8. The Kier molecular flexibility index (Phi) is 6.75. The quantitative estimate of drug-likeness (QED) is 0.170. The second-order valence-corrected chi connectivity index (χ2v) is 11.2. The molecule has 4 heterocycles. The third kappa shape index (κ3) is 4.86. The van der Waals surface area contributed by atoms with Gasteiger partial charge in [-0.2, -0.15) is 0 Å². The van der Waals surface area contributed by atoms with Crippen molar-refractivity contribution in [2.75, 3.05) is 12.4 Å². The van der Waals surface area contributed by atoms with E-state index in [1.807, 2.05) is 26.8 Å². The Labute approximate surface area is 231 Å². The Bertz CT molecular complexity index is 1560. The van der Waals surface area contributed by atoms with Gasteiger partial charge in [0, 0.05) is 23.2 Å². The summed E-state index contributed by atoms with van der Waals surface area (Å²) in [6, 6.07) is 5.23. The number of ether oxygens (including phenoxy) is 3. The maximum atomic E-state index is 12.5. The number of carbonyl (C=O) groups is 2. The summed E-state index contributed by atoms with van der Waals surface area (Å²) in [5.74, 6) is 0.464. The van der Waals surface area contributed by atoms with E-state index in [9.17, 15) is 15.1 Å². The van der Waals surface area contributed by atoms with E-state index in [0.717, 1.165) is 5.39 Å². The number of pyridine rings is 3. The predicted octanol–water partition coefficient (Wildman–Crippen LogP) is 5.70. The van der Waals surface area contributed by atoms with E-state index in [0.29, 0.717) is 52.6 Å². The van der Waals surface area contributed by atoms with Crippen LogP contribution in [0.15, 0.2) is 35.7 Å². The molecule has 0 unspecified atom stereocenters. The number of hydrogen-bond acceptors (Lipinski definition) is 10. The number of hydrogen-bond donors (Lipinski definition) is 1. The number of carbonyl (C=O) groups excluding carboxylic acids is 2. The van der Waals surface area contributed by atoms with Crippen LogP contribution in [0.1, 0.15) is 75.0 Å². The fourth-order valence-electron chi connectivity index (χ4n) is 5.00. The van der Waals surface area contributed by atoms with Crippen molar-refractivity contribution in [3.05, 3.63) is 57.9 Å². The average Bonchev–Trinajstić information content (AvgIpc) is 2.88. The molecule has 40 heavy (non-hydrogen) atoms. The van der Waals surface area contributed by atoms with Gasteiger partial charge in [0.25, 0.3) is 0 Å². The highest BCUT2D eigenvalue weighted by atomic mass is 16.6. The van der Waals surface area contributed by atoms with Crippen LogP contribution in [0.25, 0.3) is 21.2 Å². The third-order valence-electron chi connectivity index (χ3n) is 7.81. The SMILES string of the molecule is COC(=O)[C@H]1C[C@@H](Oc2ncc(C(C)(C)N=[N+]=[N-])c3cc(Nc4ccc5c(n4)[C@@H](C)C(C)(C)OC5=O)ncc23)C1. The lowest BCUT2D eigenvalue weighted by Crippen LogP contribution is -2.39. The van der Waals surface area contributed by atoms with Crippen molar-refractivity contribution >= 4 is 34.3 Å². The lowest BCUT2D eigenvalue weighted by atomic mass is 9.82. The van der Waals surface area contributed by atoms with Gasteiger partial charge in [-0.15, -0.1) is 0 Å². The van der Waals surface area contributed by atoms with Gasteiger partial charge in [0.1, 0.15) is 23.3 Å². The van der Waals surface area contributed by atoms with Gasteiger partial charge in [0.2, 0.25) is 5.88 Å². The first kappa shape index (κ1) is 27.1. The molecule has 1 aliphatic carbocycles. The molecule has 1 fully saturated rings. The molecule has 208 valence electrons. The van der Waals surface area contributed by atoms with Gasteiger partial charge in [-0.25, -0.2) is 19.7 Å². The number of rotatable bonds is 7. The van der Waals surface area contributed by atoms with Gasteiger partial charge in [-0.1, -0.05) is 25.9 Å². The lowest BCUT2D eigenvalue weighted by Gasteiger charge is -2.36. The van der Waals surface area contributed by atoms with Crippen molar-refractivity contribution in [1.29, 1.82) is 0 Å². The highest BCUT2D eigenvalue weighted by molar-refractivity contribution is 5.93. The maximum Gasteiger partial charge on any atom is 0.340 e. The lowest BCUT2D eigenvalue weighted by molar-refractivity contribution is -0.151. The van der Waals surface area contributed by atoms with Crippen LogP contribution in [-0.2, 0) is 19.8 Å². The number of esters is 2. The molecule has 0 aromatic carbocycles. The summed E-state index contributed by atoms with van der Waals surface area (Å²) >= 11 is 0. The number of anilines is 2. The molecule has 12 nitrogen and oxygen atoms in total. The molecule has 2 aliphatic rings. The molecule has 1 atom stereocenters. The highest BCUT2D eigenvalue weighted by Crippen LogP contribution is 2.40. The second-order valence-electron chi connectivity index (χ2n) is 11.2. The van der Waals surface area contributed by atoms with Gasteiger partial charge >= 0.3 is 11.9 Å². The number of cyclic esters (lactones) is 1. The number of azide groups is 1. The molecule has 3 aromatic rings. The fraction of sp³-hybridized carbons (Fsp3) is 0.464. The number of aromatic nitrogens is 3. The van der Waals surface area contributed by atoms with Crippen LogP contribution in [0.2, 0.25) is 0 Å². The number of nitrogens with one attached hydrogen (secondary N) is 1. The first-order chi connectivity index (χ1) is 18.9. The molecule has 12 heteroatoms. The van der Waals surface area contributed by atoms with Crippen molar-refractivity contribution in [3.8, 4) is 5.88 Å². The smallest absolute Gasteiger partial charge is 0.340 e. The van der Waals surface area contributed by atoms with Crippen molar-refractivity contribution in [1.82, 2.24) is 15.0 Å². The van der Waals surface area contributed by atoms with E-state index in [4.69, 9.17) is 19.2 Å². The normalized spacial score (nSPS) is 21.4. The van der Waals surface area contributed by atoms with Crippen LogP contribution in [0, 0.1) is 5.92 Å². The number of nitrogens with zero attached hydrogens (tertiary/aromatic N) is 6. The Morgan fingerprint density at radius 2 is 1.95 bits per heavy atom. The van der Waals surface area contributed by atoms with E-state index in [-0.39, 0.29) is 23.9 Å². The Hall–Kier alpha value is -4.44. The number of methoxy groups -OCH3 is 1. The van der Waals surface area contributed by atoms with Crippen molar-refractivity contribution in [2.24, 2.45) is 11.0 Å². The maximum absolute atomic E-state index is 12.5. The molecule has 3 aromatic heterocycles. The first-order valence-electron chi connectivity index (χ1n) is 13.0. The van der Waals surface area contributed by atoms with Gasteiger partial charge in [-0.3, -0.25) is 4.79 Å². The first-order valence-corrected chi connectivity index (χ1v) is 13.0. The largest absolute Gasteiger partial charge is 0.474 e. The summed E-state index contributed by atoms with van der Waals surface area (Å²) in [5, 5.41) is 8.59. The standard InChI is InChI=1S/C28H31N7O5/c1-14-23-17(26(37)40-28(14,4)5)7-8-21(33-23)32-22-11-18-19(12-30-22)24(31-13-20(18)27(2,3)34-35-29)39-16-9-15(10-16)25(36)38-6/h7-8,11-16H,9-10H2,1-6H3,(H,30,32,33)/t14-,15-,16+/m1/s1. The molecular weight excluding hydrogens is 514 g/mol. The third-order valence-corrected chi connectivity index (χ3v) is 7.81. The van der Waals surface area contributed by atoms with E-state index >= 15 is 0 Å². The summed E-state index contributed by atoms with van der Waals surface area (Å²) in [4.78, 5) is 41.1. The molecule has 0 bridgehead atoms.